The Kier molecular flexibility index (Phi) is 3.48. The lowest BCUT2D eigenvalue weighted by atomic mass is 10.1. The summed E-state index contributed by atoms with van der Waals surface area (Å²) in [6, 6.07) is 6.12. The Bertz CT molecular complexity index is 543. The fourth-order valence-electron chi connectivity index (χ4n) is 2.31. The molecule has 0 aromatic carbocycles. The molecule has 0 radical (unpaired) electrons. The topological polar surface area (TPSA) is 53.9 Å². The van der Waals surface area contributed by atoms with Crippen LogP contribution in [0, 0.1) is 0 Å². The van der Waals surface area contributed by atoms with E-state index in [0.29, 0.717) is 0 Å². The van der Waals surface area contributed by atoms with Gasteiger partial charge in [-0.3, -0.25) is 9.88 Å². The van der Waals surface area contributed by atoms with E-state index >= 15 is 0 Å². The lowest BCUT2D eigenvalue weighted by molar-refractivity contribution is 0.194. The minimum atomic E-state index is 0.246. The Morgan fingerprint density at radius 2 is 2.05 bits per heavy atom. The van der Waals surface area contributed by atoms with Gasteiger partial charge in [0.05, 0.1) is 11.7 Å². The molecular formula is C14H17N5. The average molecular weight is 255 g/mol. The first kappa shape index (κ1) is 12.2. The van der Waals surface area contributed by atoms with Crippen molar-refractivity contribution in [2.45, 2.75) is 6.04 Å². The number of hydrogen-bond donors (Lipinski definition) is 1. The highest BCUT2D eigenvalue weighted by atomic mass is 15.2. The summed E-state index contributed by atoms with van der Waals surface area (Å²) in [7, 11) is 2.12. The number of rotatable bonds is 2. The predicted molar refractivity (Wildman–Crippen MR) is 73.5 cm³/mol. The fraction of sp³-hybridized carbons (Fsp3) is 0.357. The van der Waals surface area contributed by atoms with E-state index in [1.807, 2.05) is 24.4 Å². The van der Waals surface area contributed by atoms with Crippen LogP contribution in [-0.2, 0) is 0 Å². The Hall–Kier alpha value is -1.85. The van der Waals surface area contributed by atoms with E-state index in [0.717, 1.165) is 36.7 Å². The number of hydrogen-bond acceptors (Lipinski definition) is 5. The number of aromatic nitrogens is 3. The van der Waals surface area contributed by atoms with E-state index in [1.165, 1.54) is 0 Å². The molecule has 1 atom stereocenters. The average Bonchev–Trinajstić information content (AvgIpc) is 2.49. The summed E-state index contributed by atoms with van der Waals surface area (Å²) < 4.78 is 0. The van der Waals surface area contributed by atoms with Gasteiger partial charge in [-0.15, -0.1) is 0 Å². The normalized spacial score (nSPS) is 20.4. The maximum Gasteiger partial charge on any atom is 0.147 e. The van der Waals surface area contributed by atoms with Gasteiger partial charge in [0, 0.05) is 43.8 Å². The molecule has 0 amide bonds. The van der Waals surface area contributed by atoms with Crippen molar-refractivity contribution >= 4 is 0 Å². The fourth-order valence-corrected chi connectivity index (χ4v) is 2.31. The minimum Gasteiger partial charge on any atom is -0.313 e. The molecule has 5 heteroatoms. The summed E-state index contributed by atoms with van der Waals surface area (Å²) in [6.07, 6.45) is 5.40. The quantitative estimate of drug-likeness (QED) is 0.871. The molecule has 0 aliphatic carbocycles. The first-order chi connectivity index (χ1) is 9.34. The molecule has 1 aliphatic rings. The van der Waals surface area contributed by atoms with Crippen LogP contribution in [0.15, 0.2) is 36.8 Å². The minimum absolute atomic E-state index is 0.246. The predicted octanol–water partition coefficient (Wildman–Crippen LogP) is 1.11. The van der Waals surface area contributed by atoms with Crippen LogP contribution in [0.3, 0.4) is 0 Å². The van der Waals surface area contributed by atoms with Crippen molar-refractivity contribution in [2.24, 2.45) is 0 Å². The molecular weight excluding hydrogens is 238 g/mol. The maximum absolute atomic E-state index is 4.70. The zero-order valence-corrected chi connectivity index (χ0v) is 11.0. The lowest BCUT2D eigenvalue weighted by Gasteiger charge is -2.31. The van der Waals surface area contributed by atoms with Crippen LogP contribution in [0.25, 0.3) is 11.3 Å². The summed E-state index contributed by atoms with van der Waals surface area (Å²) in [5, 5.41) is 3.39. The molecule has 2 aromatic rings. The van der Waals surface area contributed by atoms with Gasteiger partial charge >= 0.3 is 0 Å². The number of nitrogens with zero attached hydrogens (tertiary/aromatic N) is 4. The summed E-state index contributed by atoms with van der Waals surface area (Å²) in [5.41, 5.74) is 2.02. The van der Waals surface area contributed by atoms with Crippen LogP contribution in [-0.4, -0.2) is 46.5 Å². The van der Waals surface area contributed by atoms with Crippen LogP contribution in [0.5, 0.6) is 0 Å². The van der Waals surface area contributed by atoms with Crippen molar-refractivity contribution in [3.8, 4) is 11.3 Å². The highest BCUT2D eigenvalue weighted by Crippen LogP contribution is 2.20. The molecule has 0 spiro atoms. The summed E-state index contributed by atoms with van der Waals surface area (Å²) in [6.45, 7) is 2.95. The molecule has 3 heterocycles. The molecule has 1 N–H and O–H groups in total. The van der Waals surface area contributed by atoms with E-state index in [-0.39, 0.29) is 6.04 Å². The molecule has 1 fully saturated rings. The van der Waals surface area contributed by atoms with Crippen molar-refractivity contribution in [2.75, 3.05) is 26.7 Å². The van der Waals surface area contributed by atoms with Crippen molar-refractivity contribution in [1.29, 1.82) is 0 Å². The number of pyridine rings is 1. The van der Waals surface area contributed by atoms with E-state index in [9.17, 15) is 0 Å². The lowest BCUT2D eigenvalue weighted by Crippen LogP contribution is -2.44. The summed E-state index contributed by atoms with van der Waals surface area (Å²) in [5.74, 6) is 0.879. The smallest absolute Gasteiger partial charge is 0.147 e. The number of nitrogens with one attached hydrogen (secondary N) is 1. The van der Waals surface area contributed by atoms with Gasteiger partial charge in [0.15, 0.2) is 0 Å². The van der Waals surface area contributed by atoms with Crippen molar-refractivity contribution in [3.63, 3.8) is 0 Å². The Morgan fingerprint density at radius 1 is 1.21 bits per heavy atom. The summed E-state index contributed by atoms with van der Waals surface area (Å²) >= 11 is 0. The molecule has 1 unspecified atom stereocenters. The molecule has 1 saturated heterocycles. The van der Waals surface area contributed by atoms with E-state index in [4.69, 9.17) is 4.98 Å². The van der Waals surface area contributed by atoms with Gasteiger partial charge in [0.2, 0.25) is 0 Å². The number of likely N-dealkylation sites (N-methyl/N-ethyl adjacent to an activating group) is 1. The van der Waals surface area contributed by atoms with E-state index in [2.05, 4.69) is 27.2 Å². The molecule has 1 aliphatic heterocycles. The second-order valence-corrected chi connectivity index (χ2v) is 4.74. The molecule has 5 nitrogen and oxygen atoms in total. The standard InChI is InChI=1S/C14H17N5/c1-19-9-8-16-10-13(19)14-17-7-4-12(18-14)11-2-5-15-6-3-11/h2-7,13,16H,8-10H2,1H3. The third-order valence-electron chi connectivity index (χ3n) is 3.46. The van der Waals surface area contributed by atoms with Crippen LogP contribution >= 0.6 is 0 Å². The Balaban J connectivity index is 1.91. The highest BCUT2D eigenvalue weighted by molar-refractivity contribution is 5.57. The summed E-state index contributed by atoms with van der Waals surface area (Å²) in [4.78, 5) is 15.5. The third-order valence-corrected chi connectivity index (χ3v) is 3.46. The van der Waals surface area contributed by atoms with E-state index < -0.39 is 0 Å². The first-order valence-corrected chi connectivity index (χ1v) is 6.49. The Labute approximate surface area is 112 Å². The van der Waals surface area contributed by atoms with Gasteiger partial charge in [-0.2, -0.15) is 0 Å². The van der Waals surface area contributed by atoms with Crippen molar-refractivity contribution in [1.82, 2.24) is 25.2 Å². The molecule has 19 heavy (non-hydrogen) atoms. The highest BCUT2D eigenvalue weighted by Gasteiger charge is 2.22. The molecule has 98 valence electrons. The molecule has 0 bridgehead atoms. The van der Waals surface area contributed by atoms with Gasteiger partial charge in [0.25, 0.3) is 0 Å². The Morgan fingerprint density at radius 3 is 2.84 bits per heavy atom. The zero-order chi connectivity index (χ0) is 13.1. The third kappa shape index (κ3) is 2.62. The van der Waals surface area contributed by atoms with Gasteiger partial charge in [-0.1, -0.05) is 0 Å². The van der Waals surface area contributed by atoms with Crippen LogP contribution < -0.4 is 5.32 Å². The second kappa shape index (κ2) is 5.42. The number of piperazine rings is 1. The van der Waals surface area contributed by atoms with Gasteiger partial charge in [-0.05, 0) is 25.2 Å². The van der Waals surface area contributed by atoms with Gasteiger partial charge < -0.3 is 5.32 Å². The van der Waals surface area contributed by atoms with Crippen molar-refractivity contribution < 1.29 is 0 Å². The maximum atomic E-state index is 4.70. The van der Waals surface area contributed by atoms with Crippen LogP contribution in [0.1, 0.15) is 11.9 Å². The SMILES string of the molecule is CN1CCNCC1c1nccc(-c2ccncc2)n1. The molecule has 2 aromatic heterocycles. The van der Waals surface area contributed by atoms with Crippen molar-refractivity contribution in [3.05, 3.63) is 42.6 Å². The van der Waals surface area contributed by atoms with Gasteiger partial charge in [-0.25, -0.2) is 9.97 Å². The van der Waals surface area contributed by atoms with Gasteiger partial charge in [0.1, 0.15) is 5.82 Å². The largest absolute Gasteiger partial charge is 0.313 e. The van der Waals surface area contributed by atoms with Crippen LogP contribution in [0.4, 0.5) is 0 Å². The monoisotopic (exact) mass is 255 g/mol. The zero-order valence-electron chi connectivity index (χ0n) is 11.0. The van der Waals surface area contributed by atoms with Crippen LogP contribution in [0.2, 0.25) is 0 Å². The molecule has 3 rings (SSSR count). The second-order valence-electron chi connectivity index (χ2n) is 4.74. The first-order valence-electron chi connectivity index (χ1n) is 6.49. The van der Waals surface area contributed by atoms with E-state index in [1.54, 1.807) is 12.4 Å². The molecule has 0 saturated carbocycles.